The Morgan fingerprint density at radius 3 is 2.75 bits per heavy atom. The van der Waals surface area contributed by atoms with Crippen molar-refractivity contribution >= 4 is 11.7 Å². The second kappa shape index (κ2) is 5.24. The largest absolute Gasteiger partial charge is 0.454 e. The molecule has 0 saturated heterocycles. The van der Waals surface area contributed by atoms with E-state index in [-0.39, 0.29) is 12.7 Å². The summed E-state index contributed by atoms with van der Waals surface area (Å²) in [6.07, 6.45) is 1.57. The van der Waals surface area contributed by atoms with E-state index in [1.54, 1.807) is 19.1 Å². The predicted octanol–water partition coefficient (Wildman–Crippen LogP) is 2.66. The van der Waals surface area contributed by atoms with Crippen LogP contribution in [0.4, 0.5) is 5.82 Å². The molecule has 1 amide bonds. The zero-order valence-corrected chi connectivity index (χ0v) is 13.1. The van der Waals surface area contributed by atoms with E-state index in [0.29, 0.717) is 28.6 Å². The van der Waals surface area contributed by atoms with Crippen molar-refractivity contribution in [3.05, 3.63) is 47.2 Å². The van der Waals surface area contributed by atoms with Crippen LogP contribution >= 0.6 is 0 Å². The topological polar surface area (TPSA) is 84.2 Å². The van der Waals surface area contributed by atoms with E-state index in [4.69, 9.17) is 14.7 Å². The number of anilines is 1. The standard InChI is InChI=1S/C18H15N3O3/c1-11-12(9-19)2-5-16(20-11)21-17(22)18(6-7-18)13-3-4-14-15(8-13)24-10-23-14/h2-5,8H,6-7,10H2,1H3,(H,20,21,22). The maximum absolute atomic E-state index is 12.8. The van der Waals surface area contributed by atoms with E-state index in [1.807, 2.05) is 18.2 Å². The molecule has 4 rings (SSSR count). The van der Waals surface area contributed by atoms with Crippen molar-refractivity contribution in [3.63, 3.8) is 0 Å². The highest BCUT2D eigenvalue weighted by molar-refractivity contribution is 6.01. The van der Waals surface area contributed by atoms with E-state index in [0.717, 1.165) is 18.4 Å². The lowest BCUT2D eigenvalue weighted by Gasteiger charge is -2.16. The summed E-state index contributed by atoms with van der Waals surface area (Å²) in [5.74, 6) is 1.76. The van der Waals surface area contributed by atoms with Gasteiger partial charge in [-0.3, -0.25) is 4.79 Å². The van der Waals surface area contributed by atoms with Crippen LogP contribution in [0.5, 0.6) is 11.5 Å². The third kappa shape index (κ3) is 2.26. The molecule has 1 aromatic heterocycles. The van der Waals surface area contributed by atoms with Crippen molar-refractivity contribution in [3.8, 4) is 17.6 Å². The van der Waals surface area contributed by atoms with Gasteiger partial charge in [-0.15, -0.1) is 0 Å². The molecule has 1 saturated carbocycles. The molecule has 0 atom stereocenters. The van der Waals surface area contributed by atoms with E-state index in [9.17, 15) is 4.79 Å². The van der Waals surface area contributed by atoms with Crippen LogP contribution in [0.15, 0.2) is 30.3 Å². The highest BCUT2D eigenvalue weighted by atomic mass is 16.7. The first-order valence-electron chi connectivity index (χ1n) is 7.72. The van der Waals surface area contributed by atoms with Gasteiger partial charge in [0, 0.05) is 0 Å². The average Bonchev–Trinajstić information content (AvgIpc) is 3.26. The third-order valence-corrected chi connectivity index (χ3v) is 4.56. The Morgan fingerprint density at radius 2 is 2.04 bits per heavy atom. The highest BCUT2D eigenvalue weighted by Crippen LogP contribution is 2.51. The molecule has 1 aliphatic heterocycles. The second-order valence-electron chi connectivity index (χ2n) is 6.05. The Hall–Kier alpha value is -3.07. The number of aryl methyl sites for hydroxylation is 1. The molecule has 6 heteroatoms. The van der Waals surface area contributed by atoms with Crippen LogP contribution in [0, 0.1) is 18.3 Å². The molecule has 0 radical (unpaired) electrons. The van der Waals surface area contributed by atoms with E-state index in [1.165, 1.54) is 0 Å². The lowest BCUT2D eigenvalue weighted by Crippen LogP contribution is -2.28. The lowest BCUT2D eigenvalue weighted by molar-refractivity contribution is -0.118. The average molecular weight is 321 g/mol. The fourth-order valence-corrected chi connectivity index (χ4v) is 2.95. The number of carbonyl (C=O) groups is 1. The van der Waals surface area contributed by atoms with Gasteiger partial charge in [0.2, 0.25) is 12.7 Å². The minimum absolute atomic E-state index is 0.0852. The van der Waals surface area contributed by atoms with Crippen LogP contribution in [-0.2, 0) is 10.2 Å². The van der Waals surface area contributed by atoms with Crippen molar-refractivity contribution in [1.29, 1.82) is 5.26 Å². The first kappa shape index (κ1) is 14.5. The van der Waals surface area contributed by atoms with Gasteiger partial charge >= 0.3 is 0 Å². The fraction of sp³-hybridized carbons (Fsp3) is 0.278. The Balaban J connectivity index is 1.58. The number of rotatable bonds is 3. The maximum atomic E-state index is 12.8. The molecule has 0 unspecified atom stereocenters. The number of amides is 1. The number of fused-ring (bicyclic) bond motifs is 1. The Kier molecular flexibility index (Phi) is 3.17. The molecule has 120 valence electrons. The van der Waals surface area contributed by atoms with Crippen molar-refractivity contribution in [1.82, 2.24) is 4.98 Å². The summed E-state index contributed by atoms with van der Waals surface area (Å²) >= 11 is 0. The highest BCUT2D eigenvalue weighted by Gasteiger charge is 2.51. The van der Waals surface area contributed by atoms with Crippen molar-refractivity contribution in [2.75, 3.05) is 12.1 Å². The summed E-state index contributed by atoms with van der Waals surface area (Å²) in [5, 5.41) is 11.8. The number of carbonyl (C=O) groups excluding carboxylic acids is 1. The smallest absolute Gasteiger partial charge is 0.236 e. The molecular formula is C18H15N3O3. The van der Waals surface area contributed by atoms with Gasteiger partial charge in [0.15, 0.2) is 11.5 Å². The molecule has 0 spiro atoms. The minimum Gasteiger partial charge on any atom is -0.454 e. The molecule has 2 heterocycles. The molecule has 2 aromatic rings. The van der Waals surface area contributed by atoms with Crippen LogP contribution in [0.1, 0.15) is 29.7 Å². The number of nitrogens with zero attached hydrogens (tertiary/aromatic N) is 2. The second-order valence-corrected chi connectivity index (χ2v) is 6.05. The molecule has 1 fully saturated rings. The number of ether oxygens (including phenoxy) is 2. The fourth-order valence-electron chi connectivity index (χ4n) is 2.95. The maximum Gasteiger partial charge on any atom is 0.236 e. The first-order chi connectivity index (χ1) is 11.6. The van der Waals surface area contributed by atoms with Crippen LogP contribution in [0.3, 0.4) is 0 Å². The van der Waals surface area contributed by atoms with E-state index < -0.39 is 5.41 Å². The molecule has 24 heavy (non-hydrogen) atoms. The molecule has 1 N–H and O–H groups in total. The monoisotopic (exact) mass is 321 g/mol. The third-order valence-electron chi connectivity index (χ3n) is 4.56. The SMILES string of the molecule is Cc1nc(NC(=O)C2(c3ccc4c(c3)OCO4)CC2)ccc1C#N. The molecule has 6 nitrogen and oxygen atoms in total. The molecule has 2 aliphatic rings. The van der Waals surface area contributed by atoms with Gasteiger partial charge in [0.1, 0.15) is 11.9 Å². The van der Waals surface area contributed by atoms with Gasteiger partial charge in [-0.1, -0.05) is 6.07 Å². The van der Waals surface area contributed by atoms with Crippen LogP contribution in [0.25, 0.3) is 0 Å². The summed E-state index contributed by atoms with van der Waals surface area (Å²) < 4.78 is 10.7. The van der Waals surface area contributed by atoms with Crippen LogP contribution in [-0.4, -0.2) is 17.7 Å². The predicted molar refractivity (Wildman–Crippen MR) is 85.8 cm³/mol. The summed E-state index contributed by atoms with van der Waals surface area (Å²) in [7, 11) is 0. The number of nitrogens with one attached hydrogen (secondary N) is 1. The van der Waals surface area contributed by atoms with Crippen molar-refractivity contribution in [2.45, 2.75) is 25.2 Å². The number of benzene rings is 1. The van der Waals surface area contributed by atoms with Crippen molar-refractivity contribution < 1.29 is 14.3 Å². The van der Waals surface area contributed by atoms with Gasteiger partial charge in [-0.25, -0.2) is 4.98 Å². The van der Waals surface area contributed by atoms with Crippen molar-refractivity contribution in [2.24, 2.45) is 0 Å². The van der Waals surface area contributed by atoms with Gasteiger partial charge in [-0.05, 0) is 49.6 Å². The quantitative estimate of drug-likeness (QED) is 0.939. The zero-order valence-electron chi connectivity index (χ0n) is 13.1. The van der Waals surface area contributed by atoms with Gasteiger partial charge in [0.05, 0.1) is 16.7 Å². The summed E-state index contributed by atoms with van der Waals surface area (Å²) in [5.41, 5.74) is 1.49. The zero-order chi connectivity index (χ0) is 16.7. The van der Waals surface area contributed by atoms with Gasteiger partial charge in [-0.2, -0.15) is 5.26 Å². The first-order valence-corrected chi connectivity index (χ1v) is 7.72. The number of aromatic nitrogens is 1. The molecular weight excluding hydrogens is 306 g/mol. The normalized spacial score (nSPS) is 16.3. The molecule has 1 aliphatic carbocycles. The van der Waals surface area contributed by atoms with Crippen LogP contribution in [0.2, 0.25) is 0 Å². The van der Waals surface area contributed by atoms with Gasteiger partial charge < -0.3 is 14.8 Å². The van der Waals surface area contributed by atoms with Crippen LogP contribution < -0.4 is 14.8 Å². The summed E-state index contributed by atoms with van der Waals surface area (Å²) in [4.78, 5) is 17.1. The number of hydrogen-bond donors (Lipinski definition) is 1. The van der Waals surface area contributed by atoms with E-state index >= 15 is 0 Å². The van der Waals surface area contributed by atoms with Gasteiger partial charge in [0.25, 0.3) is 0 Å². The van der Waals surface area contributed by atoms with E-state index in [2.05, 4.69) is 16.4 Å². The minimum atomic E-state index is -0.537. The Bertz CT molecular complexity index is 882. The number of hydrogen-bond acceptors (Lipinski definition) is 5. The summed E-state index contributed by atoms with van der Waals surface area (Å²) in [6.45, 7) is 1.96. The number of nitriles is 1. The molecule has 0 bridgehead atoms. The number of pyridine rings is 1. The Labute approximate surface area is 139 Å². The summed E-state index contributed by atoms with van der Waals surface area (Å²) in [6, 6.07) is 11.0. The Morgan fingerprint density at radius 1 is 1.25 bits per heavy atom. The molecule has 1 aromatic carbocycles. The lowest BCUT2D eigenvalue weighted by atomic mass is 9.94.